The first kappa shape index (κ1) is 13.0. The van der Waals surface area contributed by atoms with Crippen molar-refractivity contribution < 1.29 is 4.74 Å². The van der Waals surface area contributed by atoms with Crippen molar-refractivity contribution >= 4 is 33.9 Å². The van der Waals surface area contributed by atoms with Gasteiger partial charge in [-0.2, -0.15) is 0 Å². The summed E-state index contributed by atoms with van der Waals surface area (Å²) in [6.45, 7) is 0. The van der Waals surface area contributed by atoms with Crippen LogP contribution in [0, 0.1) is 0 Å². The van der Waals surface area contributed by atoms with E-state index >= 15 is 0 Å². The number of thiocarbonyl (C=S) groups is 1. The standard InChI is InChI=1S/C16H17N3OS/c17-15(21)11-7-9-3-1-2-4-12(9)18-16(11)19-13-8-10-5-6-14(13)20-10/h1-4,7,10,13-14H,5-6,8H2,(H2,17,21)(H,18,19). The van der Waals surface area contributed by atoms with Crippen molar-refractivity contribution in [2.45, 2.75) is 37.5 Å². The molecule has 5 heteroatoms. The molecule has 0 spiro atoms. The number of anilines is 1. The van der Waals surface area contributed by atoms with Crippen LogP contribution in [0.15, 0.2) is 30.3 Å². The summed E-state index contributed by atoms with van der Waals surface area (Å²) >= 11 is 5.19. The number of aromatic nitrogens is 1. The molecular formula is C16H17N3OS. The van der Waals surface area contributed by atoms with Gasteiger partial charge in [-0.3, -0.25) is 0 Å². The van der Waals surface area contributed by atoms with E-state index in [4.69, 9.17) is 27.7 Å². The van der Waals surface area contributed by atoms with Gasteiger partial charge in [0.25, 0.3) is 0 Å². The highest BCUT2D eigenvalue weighted by Crippen LogP contribution is 2.36. The minimum atomic E-state index is 0.294. The quantitative estimate of drug-likeness (QED) is 0.853. The maximum Gasteiger partial charge on any atom is 0.137 e. The van der Waals surface area contributed by atoms with Gasteiger partial charge in [0, 0.05) is 5.39 Å². The highest BCUT2D eigenvalue weighted by molar-refractivity contribution is 7.80. The number of ether oxygens (including phenoxy) is 1. The molecule has 1 aromatic carbocycles. The van der Waals surface area contributed by atoms with E-state index in [9.17, 15) is 0 Å². The lowest BCUT2D eigenvalue weighted by Crippen LogP contribution is -2.32. The molecule has 2 aliphatic heterocycles. The van der Waals surface area contributed by atoms with E-state index < -0.39 is 0 Å². The fourth-order valence-corrected chi connectivity index (χ4v) is 3.53. The first-order chi connectivity index (χ1) is 10.2. The van der Waals surface area contributed by atoms with Crippen molar-refractivity contribution in [2.24, 2.45) is 5.73 Å². The largest absolute Gasteiger partial charge is 0.389 e. The highest BCUT2D eigenvalue weighted by Gasteiger charge is 2.41. The number of hydrogen-bond donors (Lipinski definition) is 2. The normalized spacial score (nSPS) is 27.1. The van der Waals surface area contributed by atoms with Gasteiger partial charge in [-0.1, -0.05) is 30.4 Å². The fraction of sp³-hybridized carbons (Fsp3) is 0.375. The van der Waals surface area contributed by atoms with E-state index in [0.717, 1.165) is 35.1 Å². The number of hydrogen-bond acceptors (Lipinski definition) is 4. The van der Waals surface area contributed by atoms with Crippen molar-refractivity contribution in [3.8, 4) is 0 Å². The average molecular weight is 299 g/mol. The van der Waals surface area contributed by atoms with Crippen molar-refractivity contribution in [1.29, 1.82) is 0 Å². The Balaban J connectivity index is 1.72. The number of pyridine rings is 1. The third-order valence-electron chi connectivity index (χ3n) is 4.42. The first-order valence-electron chi connectivity index (χ1n) is 7.32. The predicted molar refractivity (Wildman–Crippen MR) is 87.6 cm³/mol. The van der Waals surface area contributed by atoms with Gasteiger partial charge >= 0.3 is 0 Å². The molecule has 2 aromatic rings. The van der Waals surface area contributed by atoms with Crippen LogP contribution >= 0.6 is 12.2 Å². The molecule has 3 unspecified atom stereocenters. The zero-order chi connectivity index (χ0) is 14.4. The molecule has 1 aromatic heterocycles. The van der Waals surface area contributed by atoms with Gasteiger partial charge in [-0.25, -0.2) is 4.98 Å². The van der Waals surface area contributed by atoms with Crippen LogP contribution in [0.5, 0.6) is 0 Å². The van der Waals surface area contributed by atoms with Crippen molar-refractivity contribution in [2.75, 3.05) is 5.32 Å². The van der Waals surface area contributed by atoms with E-state index in [1.54, 1.807) is 0 Å². The van der Waals surface area contributed by atoms with E-state index in [-0.39, 0.29) is 0 Å². The van der Waals surface area contributed by atoms with Crippen LogP contribution in [0.1, 0.15) is 24.8 Å². The minimum Gasteiger partial charge on any atom is -0.389 e. The third-order valence-corrected chi connectivity index (χ3v) is 4.64. The molecule has 3 N–H and O–H groups in total. The summed E-state index contributed by atoms with van der Waals surface area (Å²) in [6.07, 6.45) is 4.04. The van der Waals surface area contributed by atoms with E-state index in [1.165, 1.54) is 6.42 Å². The van der Waals surface area contributed by atoms with Gasteiger partial charge in [0.2, 0.25) is 0 Å². The summed E-state index contributed by atoms with van der Waals surface area (Å²) in [7, 11) is 0. The van der Waals surface area contributed by atoms with Crippen LogP contribution in [0.3, 0.4) is 0 Å². The molecule has 21 heavy (non-hydrogen) atoms. The topological polar surface area (TPSA) is 60.2 Å². The second-order valence-electron chi connectivity index (χ2n) is 5.80. The summed E-state index contributed by atoms with van der Waals surface area (Å²) in [4.78, 5) is 5.08. The SMILES string of the molecule is NC(=S)c1cc2ccccc2nc1NC1CC2CCC1O2. The second kappa shape index (κ2) is 4.93. The van der Waals surface area contributed by atoms with Crippen LogP contribution in [0.2, 0.25) is 0 Å². The lowest BCUT2D eigenvalue weighted by molar-refractivity contribution is 0.102. The number of rotatable bonds is 3. The Bertz CT molecular complexity index is 718. The van der Waals surface area contributed by atoms with Crippen LogP contribution in [0.4, 0.5) is 5.82 Å². The Morgan fingerprint density at radius 3 is 2.90 bits per heavy atom. The van der Waals surface area contributed by atoms with Crippen LogP contribution in [0.25, 0.3) is 10.9 Å². The van der Waals surface area contributed by atoms with Gasteiger partial charge in [0.05, 0.1) is 29.3 Å². The third kappa shape index (κ3) is 2.26. The Hall–Kier alpha value is -1.72. The predicted octanol–water partition coefficient (Wildman–Crippen LogP) is 2.60. The smallest absolute Gasteiger partial charge is 0.137 e. The lowest BCUT2D eigenvalue weighted by atomic mass is 9.95. The van der Waals surface area contributed by atoms with Gasteiger partial charge < -0.3 is 15.8 Å². The van der Waals surface area contributed by atoms with Gasteiger partial charge in [-0.15, -0.1) is 0 Å². The minimum absolute atomic E-state index is 0.294. The first-order valence-corrected chi connectivity index (χ1v) is 7.73. The summed E-state index contributed by atoms with van der Waals surface area (Å²) < 4.78 is 5.89. The molecule has 2 aliphatic rings. The van der Waals surface area contributed by atoms with Gasteiger partial charge in [-0.05, 0) is 31.4 Å². The number of nitrogens with one attached hydrogen (secondary N) is 1. The van der Waals surface area contributed by atoms with Crippen molar-refractivity contribution in [3.63, 3.8) is 0 Å². The van der Waals surface area contributed by atoms with Crippen molar-refractivity contribution in [3.05, 3.63) is 35.9 Å². The number of benzene rings is 1. The number of nitrogens with two attached hydrogens (primary N) is 1. The van der Waals surface area contributed by atoms with Crippen LogP contribution in [-0.4, -0.2) is 28.2 Å². The fourth-order valence-electron chi connectivity index (χ4n) is 3.38. The summed E-state index contributed by atoms with van der Waals surface area (Å²) in [5.74, 6) is 0.780. The molecule has 0 radical (unpaired) electrons. The maximum absolute atomic E-state index is 5.89. The van der Waals surface area contributed by atoms with Crippen molar-refractivity contribution in [1.82, 2.24) is 4.98 Å². The van der Waals surface area contributed by atoms with E-state index in [0.29, 0.717) is 23.2 Å². The summed E-state index contributed by atoms with van der Waals surface area (Å²) in [5.41, 5.74) is 7.64. The van der Waals surface area contributed by atoms with Crippen LogP contribution in [-0.2, 0) is 4.74 Å². The summed E-state index contributed by atoms with van der Waals surface area (Å²) in [6, 6.07) is 10.3. The molecule has 0 saturated carbocycles. The number of para-hydroxylation sites is 1. The number of fused-ring (bicyclic) bond motifs is 3. The molecule has 2 bridgehead atoms. The Morgan fingerprint density at radius 2 is 2.19 bits per heavy atom. The van der Waals surface area contributed by atoms with E-state index in [1.807, 2.05) is 30.3 Å². The van der Waals surface area contributed by atoms with Crippen LogP contribution < -0.4 is 11.1 Å². The summed E-state index contributed by atoms with van der Waals surface area (Å²) in [5, 5.41) is 4.56. The molecular weight excluding hydrogens is 282 g/mol. The Morgan fingerprint density at radius 1 is 1.33 bits per heavy atom. The molecule has 108 valence electrons. The zero-order valence-corrected chi connectivity index (χ0v) is 12.4. The monoisotopic (exact) mass is 299 g/mol. The lowest BCUT2D eigenvalue weighted by Gasteiger charge is -2.22. The molecule has 3 heterocycles. The van der Waals surface area contributed by atoms with Gasteiger partial charge in [0.1, 0.15) is 10.8 Å². The highest BCUT2D eigenvalue weighted by atomic mass is 32.1. The Labute approximate surface area is 128 Å². The molecule has 2 fully saturated rings. The molecule has 0 amide bonds. The van der Waals surface area contributed by atoms with Gasteiger partial charge in [0.15, 0.2) is 0 Å². The zero-order valence-electron chi connectivity index (χ0n) is 11.6. The second-order valence-corrected chi connectivity index (χ2v) is 6.24. The Kier molecular flexibility index (Phi) is 3.05. The maximum atomic E-state index is 5.89. The number of nitrogens with zero attached hydrogens (tertiary/aromatic N) is 1. The molecule has 2 saturated heterocycles. The molecule has 3 atom stereocenters. The average Bonchev–Trinajstić information content (AvgIpc) is 3.09. The molecule has 4 nitrogen and oxygen atoms in total. The van der Waals surface area contributed by atoms with E-state index in [2.05, 4.69) is 5.32 Å². The molecule has 4 rings (SSSR count). The molecule has 0 aliphatic carbocycles.